The van der Waals surface area contributed by atoms with E-state index in [1.165, 1.54) is 17.7 Å². The van der Waals surface area contributed by atoms with Crippen molar-refractivity contribution in [1.29, 1.82) is 0 Å². The van der Waals surface area contributed by atoms with Gasteiger partial charge in [-0.15, -0.1) is 0 Å². The molecule has 3 heterocycles. The number of morpholine rings is 1. The van der Waals surface area contributed by atoms with Crippen LogP contribution in [0.5, 0.6) is 0 Å². The molecule has 5 heteroatoms. The Morgan fingerprint density at radius 3 is 2.75 bits per heavy atom. The molecule has 0 N–H and O–H groups in total. The van der Waals surface area contributed by atoms with Gasteiger partial charge in [-0.05, 0) is 43.4 Å². The van der Waals surface area contributed by atoms with Crippen LogP contribution in [0, 0.1) is 6.92 Å². The SMILES string of the molecule is Cc1cc2c(cc1N1CCOCC1)C(=O)N(CC1CCCCO1)C2. The van der Waals surface area contributed by atoms with Gasteiger partial charge in [0.15, 0.2) is 0 Å². The Kier molecular flexibility index (Phi) is 4.46. The van der Waals surface area contributed by atoms with Gasteiger partial charge in [0.25, 0.3) is 5.91 Å². The Hall–Kier alpha value is -1.59. The fourth-order valence-electron chi connectivity index (χ4n) is 4.02. The first-order chi connectivity index (χ1) is 11.7. The summed E-state index contributed by atoms with van der Waals surface area (Å²) in [4.78, 5) is 17.1. The molecule has 0 bridgehead atoms. The predicted octanol–water partition coefficient (Wildman–Crippen LogP) is 2.36. The van der Waals surface area contributed by atoms with Crippen molar-refractivity contribution in [3.8, 4) is 0 Å². The van der Waals surface area contributed by atoms with Gasteiger partial charge in [0, 0.05) is 44.0 Å². The summed E-state index contributed by atoms with van der Waals surface area (Å²) < 4.78 is 11.3. The minimum Gasteiger partial charge on any atom is -0.378 e. The molecular formula is C19H26N2O3. The number of carbonyl (C=O) groups is 1. The fraction of sp³-hybridized carbons (Fsp3) is 0.632. The molecule has 3 aliphatic heterocycles. The molecule has 3 aliphatic rings. The standard InChI is InChI=1S/C19H26N2O3/c1-14-10-15-12-21(13-16-4-2-3-7-24-16)19(22)17(15)11-18(14)20-5-8-23-9-6-20/h10-11,16H,2-9,12-13H2,1H3. The van der Waals surface area contributed by atoms with Gasteiger partial charge in [0.1, 0.15) is 0 Å². The minimum absolute atomic E-state index is 0.161. The molecule has 1 amide bonds. The first-order valence-electron chi connectivity index (χ1n) is 9.09. The van der Waals surface area contributed by atoms with E-state index in [0.717, 1.165) is 70.0 Å². The lowest BCUT2D eigenvalue weighted by molar-refractivity contribution is -0.00351. The van der Waals surface area contributed by atoms with Crippen molar-refractivity contribution in [2.45, 2.75) is 38.8 Å². The topological polar surface area (TPSA) is 42.0 Å². The molecule has 24 heavy (non-hydrogen) atoms. The number of anilines is 1. The van der Waals surface area contributed by atoms with Crippen LogP contribution in [-0.4, -0.2) is 56.4 Å². The Labute approximate surface area is 143 Å². The highest BCUT2D eigenvalue weighted by atomic mass is 16.5. The van der Waals surface area contributed by atoms with Gasteiger partial charge < -0.3 is 19.3 Å². The largest absolute Gasteiger partial charge is 0.378 e. The van der Waals surface area contributed by atoms with Crippen LogP contribution >= 0.6 is 0 Å². The number of hydrogen-bond acceptors (Lipinski definition) is 4. The number of amides is 1. The molecule has 1 aromatic rings. The van der Waals surface area contributed by atoms with E-state index in [0.29, 0.717) is 0 Å². The number of fused-ring (bicyclic) bond motifs is 1. The molecule has 0 aliphatic carbocycles. The van der Waals surface area contributed by atoms with Crippen LogP contribution in [0.1, 0.15) is 40.7 Å². The van der Waals surface area contributed by atoms with E-state index in [4.69, 9.17) is 9.47 Å². The molecule has 0 saturated carbocycles. The number of hydrogen-bond donors (Lipinski definition) is 0. The summed E-state index contributed by atoms with van der Waals surface area (Å²) in [6.45, 7) is 7.73. The van der Waals surface area contributed by atoms with E-state index in [1.807, 2.05) is 4.90 Å². The smallest absolute Gasteiger partial charge is 0.254 e. The van der Waals surface area contributed by atoms with Crippen LogP contribution in [0.3, 0.4) is 0 Å². The number of aryl methyl sites for hydroxylation is 1. The van der Waals surface area contributed by atoms with Crippen LogP contribution in [0.4, 0.5) is 5.69 Å². The Balaban J connectivity index is 1.52. The second-order valence-corrected chi connectivity index (χ2v) is 7.07. The Morgan fingerprint density at radius 1 is 1.17 bits per heavy atom. The number of ether oxygens (including phenoxy) is 2. The summed E-state index contributed by atoms with van der Waals surface area (Å²) >= 11 is 0. The number of benzene rings is 1. The zero-order valence-corrected chi connectivity index (χ0v) is 14.4. The molecule has 5 nitrogen and oxygen atoms in total. The van der Waals surface area contributed by atoms with Crippen molar-refractivity contribution < 1.29 is 14.3 Å². The highest BCUT2D eigenvalue weighted by Crippen LogP contribution is 2.31. The molecule has 4 rings (SSSR count). The van der Waals surface area contributed by atoms with Crippen molar-refractivity contribution in [3.63, 3.8) is 0 Å². The van der Waals surface area contributed by atoms with Gasteiger partial charge in [-0.25, -0.2) is 0 Å². The normalized spacial score (nSPS) is 24.4. The Bertz CT molecular complexity index is 619. The first kappa shape index (κ1) is 15.9. The maximum absolute atomic E-state index is 12.8. The van der Waals surface area contributed by atoms with Crippen LogP contribution in [0.15, 0.2) is 12.1 Å². The molecule has 0 radical (unpaired) electrons. The molecule has 0 aromatic heterocycles. The second-order valence-electron chi connectivity index (χ2n) is 7.07. The number of nitrogens with zero attached hydrogens (tertiary/aromatic N) is 2. The quantitative estimate of drug-likeness (QED) is 0.853. The van der Waals surface area contributed by atoms with Crippen molar-refractivity contribution in [1.82, 2.24) is 4.90 Å². The third-order valence-corrected chi connectivity index (χ3v) is 5.35. The van der Waals surface area contributed by atoms with Gasteiger partial charge >= 0.3 is 0 Å². The maximum Gasteiger partial charge on any atom is 0.254 e. The van der Waals surface area contributed by atoms with Gasteiger partial charge in [-0.3, -0.25) is 4.79 Å². The van der Waals surface area contributed by atoms with E-state index in [1.54, 1.807) is 0 Å². The van der Waals surface area contributed by atoms with Crippen molar-refractivity contribution in [2.24, 2.45) is 0 Å². The lowest BCUT2D eigenvalue weighted by Gasteiger charge is -2.30. The fourth-order valence-corrected chi connectivity index (χ4v) is 4.02. The average molecular weight is 330 g/mol. The molecule has 2 fully saturated rings. The average Bonchev–Trinajstić information content (AvgIpc) is 2.91. The molecule has 0 spiro atoms. The third-order valence-electron chi connectivity index (χ3n) is 5.35. The highest BCUT2D eigenvalue weighted by Gasteiger charge is 2.31. The van der Waals surface area contributed by atoms with Gasteiger partial charge in [-0.1, -0.05) is 6.07 Å². The highest BCUT2D eigenvalue weighted by molar-refractivity contribution is 5.99. The number of carbonyl (C=O) groups excluding carboxylic acids is 1. The summed E-state index contributed by atoms with van der Waals surface area (Å²) in [7, 11) is 0. The van der Waals surface area contributed by atoms with Crippen LogP contribution in [0.2, 0.25) is 0 Å². The monoisotopic (exact) mass is 330 g/mol. The Morgan fingerprint density at radius 2 is 2.00 bits per heavy atom. The zero-order chi connectivity index (χ0) is 16.5. The van der Waals surface area contributed by atoms with Crippen LogP contribution in [0.25, 0.3) is 0 Å². The summed E-state index contributed by atoms with van der Waals surface area (Å²) in [6.07, 6.45) is 3.63. The summed E-state index contributed by atoms with van der Waals surface area (Å²) in [5.41, 5.74) is 4.46. The molecule has 1 aromatic carbocycles. The van der Waals surface area contributed by atoms with Crippen molar-refractivity contribution >= 4 is 11.6 Å². The molecule has 2 saturated heterocycles. The third kappa shape index (κ3) is 3.03. The number of rotatable bonds is 3. The zero-order valence-electron chi connectivity index (χ0n) is 14.4. The minimum atomic E-state index is 0.161. The van der Waals surface area contributed by atoms with E-state index in [9.17, 15) is 4.79 Å². The van der Waals surface area contributed by atoms with Gasteiger partial charge in [0.05, 0.1) is 19.3 Å². The summed E-state index contributed by atoms with van der Waals surface area (Å²) in [6, 6.07) is 4.29. The van der Waals surface area contributed by atoms with Gasteiger partial charge in [0.2, 0.25) is 0 Å². The predicted molar refractivity (Wildman–Crippen MR) is 92.5 cm³/mol. The summed E-state index contributed by atoms with van der Waals surface area (Å²) in [5.74, 6) is 0.161. The van der Waals surface area contributed by atoms with E-state index in [-0.39, 0.29) is 12.0 Å². The van der Waals surface area contributed by atoms with Crippen molar-refractivity contribution in [3.05, 3.63) is 28.8 Å². The first-order valence-corrected chi connectivity index (χ1v) is 9.09. The second kappa shape index (κ2) is 6.73. The van der Waals surface area contributed by atoms with Gasteiger partial charge in [-0.2, -0.15) is 0 Å². The van der Waals surface area contributed by atoms with Crippen LogP contribution < -0.4 is 4.90 Å². The lowest BCUT2D eigenvalue weighted by Crippen LogP contribution is -2.37. The van der Waals surface area contributed by atoms with E-state index in [2.05, 4.69) is 24.0 Å². The maximum atomic E-state index is 12.8. The molecule has 130 valence electrons. The van der Waals surface area contributed by atoms with E-state index >= 15 is 0 Å². The lowest BCUT2D eigenvalue weighted by atomic mass is 10.0. The van der Waals surface area contributed by atoms with Crippen molar-refractivity contribution in [2.75, 3.05) is 44.4 Å². The van der Waals surface area contributed by atoms with E-state index < -0.39 is 0 Å². The van der Waals surface area contributed by atoms with Crippen LogP contribution in [-0.2, 0) is 16.0 Å². The molecule has 1 unspecified atom stereocenters. The molecular weight excluding hydrogens is 304 g/mol. The molecule has 1 atom stereocenters. The summed E-state index contributed by atoms with van der Waals surface area (Å²) in [5, 5.41) is 0.